The van der Waals surface area contributed by atoms with Crippen LogP contribution in [0.25, 0.3) is 0 Å². The molecule has 1 aromatic carbocycles. The molecular weight excluding hydrogens is 283 g/mol. The number of rotatable bonds is 4. The second-order valence-corrected chi connectivity index (χ2v) is 4.04. The number of tetrazole rings is 1. The third-order valence-electron chi connectivity index (χ3n) is 2.06. The van der Waals surface area contributed by atoms with Gasteiger partial charge >= 0.3 is 0 Å². The lowest BCUT2D eigenvalue weighted by atomic mass is 10.2. The number of nitrogens with zero attached hydrogens (tertiary/aromatic N) is 4. The van der Waals surface area contributed by atoms with Gasteiger partial charge in [-0.15, -0.1) is 10.2 Å². The summed E-state index contributed by atoms with van der Waals surface area (Å²) in [6.07, 6.45) is 0. The molecule has 0 aliphatic carbocycles. The average Bonchev–Trinajstić information content (AvgIpc) is 2.83. The zero-order valence-corrected chi connectivity index (χ0v) is 10.2. The summed E-state index contributed by atoms with van der Waals surface area (Å²) in [5, 5.41) is 27.0. The fourth-order valence-corrected chi connectivity index (χ4v) is 1.58. The van der Waals surface area contributed by atoms with Crippen LogP contribution in [-0.2, 0) is 6.54 Å². The summed E-state index contributed by atoms with van der Waals surface area (Å²) >= 11 is 11.5. The highest BCUT2D eigenvalue weighted by atomic mass is 35.5. The van der Waals surface area contributed by atoms with Crippen LogP contribution in [0.2, 0.25) is 10.0 Å². The summed E-state index contributed by atoms with van der Waals surface area (Å²) in [6, 6.07) is 2.56. The number of hydrogen-bond acceptors (Lipinski definition) is 6. The Morgan fingerprint density at radius 2 is 2.11 bits per heavy atom. The van der Waals surface area contributed by atoms with Gasteiger partial charge in [0.15, 0.2) is 5.82 Å². The second-order valence-electron chi connectivity index (χ2n) is 3.22. The van der Waals surface area contributed by atoms with Crippen LogP contribution in [0, 0.1) is 10.1 Å². The molecular formula is C8H6Cl2N6O2. The molecule has 0 fully saturated rings. The topological polar surface area (TPSA) is 110 Å². The van der Waals surface area contributed by atoms with E-state index in [4.69, 9.17) is 23.2 Å². The molecule has 8 nitrogen and oxygen atoms in total. The number of benzene rings is 1. The lowest BCUT2D eigenvalue weighted by molar-refractivity contribution is -0.383. The third kappa shape index (κ3) is 2.66. The van der Waals surface area contributed by atoms with Crippen LogP contribution in [0.3, 0.4) is 0 Å². The Morgan fingerprint density at radius 3 is 2.72 bits per heavy atom. The molecule has 0 saturated heterocycles. The van der Waals surface area contributed by atoms with Crippen molar-refractivity contribution in [3.05, 3.63) is 38.1 Å². The number of aromatic nitrogens is 4. The lowest BCUT2D eigenvalue weighted by Crippen LogP contribution is -2.04. The molecule has 1 aromatic heterocycles. The van der Waals surface area contributed by atoms with E-state index in [1.807, 2.05) is 0 Å². The van der Waals surface area contributed by atoms with E-state index >= 15 is 0 Å². The first-order valence-corrected chi connectivity index (χ1v) is 5.43. The largest absolute Gasteiger partial charge is 0.372 e. The minimum Gasteiger partial charge on any atom is -0.372 e. The zero-order valence-electron chi connectivity index (χ0n) is 8.72. The summed E-state index contributed by atoms with van der Waals surface area (Å²) in [5.74, 6) is 0.371. The van der Waals surface area contributed by atoms with Gasteiger partial charge in [0.25, 0.3) is 5.69 Å². The molecule has 94 valence electrons. The Hall–Kier alpha value is -1.93. The predicted octanol–water partition coefficient (Wildman–Crippen LogP) is 2.03. The fourth-order valence-electron chi connectivity index (χ4n) is 1.26. The van der Waals surface area contributed by atoms with E-state index in [9.17, 15) is 10.1 Å². The maximum atomic E-state index is 10.9. The third-order valence-corrected chi connectivity index (χ3v) is 2.78. The Kier molecular flexibility index (Phi) is 3.58. The lowest BCUT2D eigenvalue weighted by Gasteiger charge is -2.06. The van der Waals surface area contributed by atoms with Crippen LogP contribution in [0.5, 0.6) is 0 Å². The first kappa shape index (κ1) is 12.5. The van der Waals surface area contributed by atoms with E-state index in [0.717, 1.165) is 0 Å². The smallest absolute Gasteiger partial charge is 0.293 e. The Balaban J connectivity index is 2.25. The number of nitro groups is 1. The van der Waals surface area contributed by atoms with Crippen molar-refractivity contribution in [1.29, 1.82) is 0 Å². The molecule has 0 aliphatic rings. The molecule has 2 N–H and O–H groups in total. The molecule has 10 heteroatoms. The molecule has 2 aromatic rings. The maximum absolute atomic E-state index is 10.9. The molecule has 0 spiro atoms. The first-order chi connectivity index (χ1) is 8.58. The minimum absolute atomic E-state index is 0.119. The van der Waals surface area contributed by atoms with Crippen molar-refractivity contribution in [3.8, 4) is 0 Å². The number of nitro benzene ring substituents is 1. The van der Waals surface area contributed by atoms with Crippen LogP contribution in [0.4, 0.5) is 11.4 Å². The van der Waals surface area contributed by atoms with Crippen molar-refractivity contribution in [2.45, 2.75) is 6.54 Å². The van der Waals surface area contributed by atoms with Crippen LogP contribution >= 0.6 is 23.2 Å². The van der Waals surface area contributed by atoms with Gasteiger partial charge in [-0.25, -0.2) is 0 Å². The van der Waals surface area contributed by atoms with Crippen molar-refractivity contribution in [3.63, 3.8) is 0 Å². The molecule has 0 radical (unpaired) electrons. The average molecular weight is 289 g/mol. The number of hydrogen-bond donors (Lipinski definition) is 2. The Labute approximate surface area is 110 Å². The van der Waals surface area contributed by atoms with Crippen molar-refractivity contribution in [1.82, 2.24) is 20.6 Å². The molecule has 0 amide bonds. The SMILES string of the molecule is O=[N+]([O-])c1cc(Cl)c(Cl)cc1NCc1nn[nH]n1. The van der Waals surface area contributed by atoms with Crippen LogP contribution < -0.4 is 5.32 Å². The zero-order chi connectivity index (χ0) is 13.1. The molecule has 18 heavy (non-hydrogen) atoms. The maximum Gasteiger partial charge on any atom is 0.293 e. The highest BCUT2D eigenvalue weighted by molar-refractivity contribution is 6.42. The number of H-pyrrole nitrogens is 1. The number of halogens is 2. The summed E-state index contributed by atoms with van der Waals surface area (Å²) in [7, 11) is 0. The van der Waals surface area contributed by atoms with E-state index in [1.165, 1.54) is 12.1 Å². The molecule has 1 heterocycles. The molecule has 0 unspecified atom stereocenters. The first-order valence-electron chi connectivity index (χ1n) is 4.67. The van der Waals surface area contributed by atoms with E-state index in [0.29, 0.717) is 5.82 Å². The minimum atomic E-state index is -0.555. The van der Waals surface area contributed by atoms with Crippen LogP contribution in [-0.4, -0.2) is 25.5 Å². The van der Waals surface area contributed by atoms with Gasteiger partial charge in [-0.05, 0) is 6.07 Å². The van der Waals surface area contributed by atoms with Gasteiger partial charge < -0.3 is 5.32 Å². The van der Waals surface area contributed by atoms with Gasteiger partial charge in [0.2, 0.25) is 0 Å². The normalized spacial score (nSPS) is 10.3. The molecule has 2 rings (SSSR count). The van der Waals surface area contributed by atoms with Gasteiger partial charge in [-0.1, -0.05) is 28.4 Å². The van der Waals surface area contributed by atoms with E-state index in [-0.39, 0.29) is 28.0 Å². The second kappa shape index (κ2) is 5.15. The fraction of sp³-hybridized carbons (Fsp3) is 0.125. The van der Waals surface area contributed by atoms with Crippen molar-refractivity contribution < 1.29 is 4.92 Å². The van der Waals surface area contributed by atoms with Crippen molar-refractivity contribution in [2.24, 2.45) is 0 Å². The van der Waals surface area contributed by atoms with Gasteiger partial charge in [0.05, 0.1) is 21.5 Å². The highest BCUT2D eigenvalue weighted by Gasteiger charge is 2.17. The van der Waals surface area contributed by atoms with E-state index in [2.05, 4.69) is 25.9 Å². The van der Waals surface area contributed by atoms with Crippen molar-refractivity contribution >= 4 is 34.6 Å². The number of aromatic amines is 1. The Bertz CT molecular complexity index is 573. The standard InChI is InChI=1S/C8H6Cl2N6O2/c9-4-1-6(7(16(17)18)2-5(4)10)11-3-8-12-14-15-13-8/h1-2,11H,3H2,(H,12,13,14,15). The van der Waals surface area contributed by atoms with Crippen molar-refractivity contribution in [2.75, 3.05) is 5.32 Å². The van der Waals surface area contributed by atoms with Gasteiger partial charge in [-0.3, -0.25) is 10.1 Å². The Morgan fingerprint density at radius 1 is 1.39 bits per heavy atom. The van der Waals surface area contributed by atoms with E-state index < -0.39 is 4.92 Å². The molecule has 0 saturated carbocycles. The quantitative estimate of drug-likeness (QED) is 0.658. The molecule has 0 bridgehead atoms. The predicted molar refractivity (Wildman–Crippen MR) is 64.6 cm³/mol. The van der Waals surface area contributed by atoms with Crippen LogP contribution in [0.1, 0.15) is 5.82 Å². The summed E-state index contributed by atoms with van der Waals surface area (Å²) in [6.45, 7) is 0.176. The summed E-state index contributed by atoms with van der Waals surface area (Å²) in [5.41, 5.74) is 0.0621. The molecule has 0 aliphatic heterocycles. The number of nitrogens with one attached hydrogen (secondary N) is 2. The number of anilines is 1. The van der Waals surface area contributed by atoms with Gasteiger partial charge in [0, 0.05) is 6.07 Å². The monoisotopic (exact) mass is 288 g/mol. The molecule has 0 atom stereocenters. The summed E-state index contributed by atoms with van der Waals surface area (Å²) in [4.78, 5) is 10.3. The van der Waals surface area contributed by atoms with Crippen LogP contribution in [0.15, 0.2) is 12.1 Å². The highest BCUT2D eigenvalue weighted by Crippen LogP contribution is 2.33. The van der Waals surface area contributed by atoms with E-state index in [1.54, 1.807) is 0 Å². The summed E-state index contributed by atoms with van der Waals surface area (Å²) < 4.78 is 0. The van der Waals surface area contributed by atoms with Gasteiger partial charge in [0.1, 0.15) is 5.69 Å². The van der Waals surface area contributed by atoms with Gasteiger partial charge in [-0.2, -0.15) is 5.21 Å².